The molecule has 14 nitrogen and oxygen atoms in total. The predicted molar refractivity (Wildman–Crippen MR) is 138 cm³/mol. The van der Waals surface area contributed by atoms with Crippen LogP contribution in [0, 0.1) is 5.92 Å². The van der Waals surface area contributed by atoms with Crippen molar-refractivity contribution in [1.29, 1.82) is 0 Å². The second-order valence-corrected chi connectivity index (χ2v) is 9.57. The van der Waals surface area contributed by atoms with Crippen LogP contribution in [0.2, 0.25) is 0 Å². The van der Waals surface area contributed by atoms with Crippen LogP contribution in [0.3, 0.4) is 0 Å². The number of carboxylic acid groups (broad SMARTS) is 2. The van der Waals surface area contributed by atoms with Crippen molar-refractivity contribution in [3.05, 3.63) is 29.8 Å². The van der Waals surface area contributed by atoms with Crippen LogP contribution < -0.4 is 27.4 Å². The number of hydrogen-bond donors (Lipinski definition) is 8. The number of amides is 4. The Morgan fingerprint density at radius 1 is 0.795 bits per heavy atom. The number of rotatable bonds is 17. The quantitative estimate of drug-likeness (QED) is 0.117. The molecule has 0 aromatic heterocycles. The number of aliphatic carboxylic acids is 2. The molecule has 216 valence electrons. The van der Waals surface area contributed by atoms with E-state index in [9.17, 15) is 39.0 Å². The lowest BCUT2D eigenvalue weighted by atomic mass is 10.0. The number of benzene rings is 1. The average Bonchev–Trinajstić information content (AvgIpc) is 2.84. The highest BCUT2D eigenvalue weighted by atomic mass is 16.4. The number of hydrogen-bond acceptors (Lipinski definition) is 8. The van der Waals surface area contributed by atoms with E-state index in [4.69, 9.17) is 16.6 Å². The van der Waals surface area contributed by atoms with Crippen molar-refractivity contribution in [1.82, 2.24) is 16.0 Å². The topological polar surface area (TPSA) is 251 Å². The third-order valence-electron chi connectivity index (χ3n) is 5.64. The third kappa shape index (κ3) is 12.7. The Morgan fingerprint density at radius 3 is 1.82 bits per heavy atom. The van der Waals surface area contributed by atoms with E-state index < -0.39 is 66.2 Å². The molecule has 0 saturated heterocycles. The first kappa shape index (κ1) is 32.8. The van der Waals surface area contributed by atoms with Gasteiger partial charge >= 0.3 is 11.9 Å². The van der Waals surface area contributed by atoms with Gasteiger partial charge in [0.1, 0.15) is 23.9 Å². The van der Waals surface area contributed by atoms with E-state index in [2.05, 4.69) is 16.0 Å². The van der Waals surface area contributed by atoms with Crippen LogP contribution in [-0.2, 0) is 35.2 Å². The average molecular weight is 552 g/mol. The molecule has 4 atom stereocenters. The van der Waals surface area contributed by atoms with E-state index >= 15 is 0 Å². The van der Waals surface area contributed by atoms with E-state index in [1.54, 1.807) is 26.0 Å². The molecular weight excluding hydrogens is 514 g/mol. The standard InChI is InChI=1S/C25H37N5O9/c1-13(2)11-19(30-22(35)16(26)12-14-3-5-15(31)6-4-14)24(37)28-17(8-10-21(33)34)23(36)29-18(25(38)39)7-9-20(27)32/h3-6,13,16-19,31H,7-12,26H2,1-2H3,(H2,27,32)(H,28,37)(H,29,36)(H,30,35)(H,33,34)(H,38,39). The lowest BCUT2D eigenvalue weighted by molar-refractivity contribution is -0.143. The predicted octanol–water partition coefficient (Wildman–Crippen LogP) is -1.02. The number of carbonyl (C=O) groups is 6. The second kappa shape index (κ2) is 15.9. The third-order valence-corrected chi connectivity index (χ3v) is 5.64. The first-order valence-electron chi connectivity index (χ1n) is 12.4. The number of phenols is 1. The molecule has 39 heavy (non-hydrogen) atoms. The van der Waals surface area contributed by atoms with Crippen molar-refractivity contribution in [3.63, 3.8) is 0 Å². The maximum Gasteiger partial charge on any atom is 0.326 e. The smallest absolute Gasteiger partial charge is 0.326 e. The zero-order valence-corrected chi connectivity index (χ0v) is 21.9. The zero-order valence-electron chi connectivity index (χ0n) is 21.9. The first-order valence-corrected chi connectivity index (χ1v) is 12.4. The fourth-order valence-corrected chi connectivity index (χ4v) is 3.59. The summed E-state index contributed by atoms with van der Waals surface area (Å²) in [4.78, 5) is 72.4. The van der Waals surface area contributed by atoms with Gasteiger partial charge in [-0.3, -0.25) is 24.0 Å². The minimum Gasteiger partial charge on any atom is -0.508 e. The normalized spacial score (nSPS) is 13.9. The van der Waals surface area contributed by atoms with E-state index in [1.165, 1.54) is 12.1 Å². The summed E-state index contributed by atoms with van der Waals surface area (Å²) in [5, 5.41) is 35.0. The summed E-state index contributed by atoms with van der Waals surface area (Å²) >= 11 is 0. The van der Waals surface area contributed by atoms with E-state index in [1.807, 2.05) is 0 Å². The largest absolute Gasteiger partial charge is 0.508 e. The Kier molecular flexibility index (Phi) is 13.4. The van der Waals surface area contributed by atoms with E-state index in [-0.39, 0.29) is 43.8 Å². The van der Waals surface area contributed by atoms with Crippen molar-refractivity contribution in [2.75, 3.05) is 0 Å². The molecule has 4 unspecified atom stereocenters. The van der Waals surface area contributed by atoms with Crippen LogP contribution in [0.25, 0.3) is 0 Å². The lowest BCUT2D eigenvalue weighted by Crippen LogP contribution is -2.57. The Labute approximate surface area is 225 Å². The molecule has 0 spiro atoms. The molecule has 0 saturated carbocycles. The van der Waals surface area contributed by atoms with Gasteiger partial charge in [-0.1, -0.05) is 26.0 Å². The maximum absolute atomic E-state index is 13.1. The molecule has 0 aliphatic rings. The molecule has 10 N–H and O–H groups in total. The number of nitrogens with two attached hydrogens (primary N) is 2. The molecule has 0 aliphatic carbocycles. The molecule has 1 rings (SSSR count). The summed E-state index contributed by atoms with van der Waals surface area (Å²) in [6.45, 7) is 3.60. The van der Waals surface area contributed by atoms with Crippen LogP contribution in [0.1, 0.15) is 51.5 Å². The molecule has 0 bridgehead atoms. The van der Waals surface area contributed by atoms with Gasteiger partial charge in [-0.25, -0.2) is 4.79 Å². The highest BCUT2D eigenvalue weighted by Crippen LogP contribution is 2.12. The SMILES string of the molecule is CC(C)CC(NC(=O)C(N)Cc1ccc(O)cc1)C(=O)NC(CCC(=O)O)C(=O)NC(CCC(N)=O)C(=O)O. The van der Waals surface area contributed by atoms with Gasteiger partial charge in [0.25, 0.3) is 0 Å². The molecule has 1 aromatic rings. The molecule has 0 heterocycles. The number of primary amides is 1. The van der Waals surface area contributed by atoms with Crippen LogP contribution in [0.4, 0.5) is 0 Å². The number of phenolic OH excluding ortho intramolecular Hbond substituents is 1. The fourth-order valence-electron chi connectivity index (χ4n) is 3.59. The van der Waals surface area contributed by atoms with Crippen LogP contribution in [-0.4, -0.2) is 75.1 Å². The van der Waals surface area contributed by atoms with Crippen LogP contribution in [0.5, 0.6) is 5.75 Å². The first-order chi connectivity index (χ1) is 18.2. The van der Waals surface area contributed by atoms with Gasteiger partial charge in [0.2, 0.25) is 23.6 Å². The van der Waals surface area contributed by atoms with Gasteiger partial charge in [-0.2, -0.15) is 0 Å². The van der Waals surface area contributed by atoms with Gasteiger partial charge < -0.3 is 42.7 Å². The summed E-state index contributed by atoms with van der Waals surface area (Å²) in [6.07, 6.45) is -1.23. The van der Waals surface area contributed by atoms with E-state index in [0.29, 0.717) is 5.56 Å². The Balaban J connectivity index is 3.00. The molecule has 4 amide bonds. The maximum atomic E-state index is 13.1. The van der Waals surface area contributed by atoms with Crippen molar-refractivity contribution in [3.8, 4) is 5.75 Å². The highest BCUT2D eigenvalue weighted by molar-refractivity contribution is 5.94. The van der Waals surface area contributed by atoms with Gasteiger partial charge in [-0.05, 0) is 49.3 Å². The van der Waals surface area contributed by atoms with Gasteiger partial charge in [0, 0.05) is 12.8 Å². The fraction of sp³-hybridized carbons (Fsp3) is 0.520. The van der Waals surface area contributed by atoms with Gasteiger partial charge in [0.05, 0.1) is 6.04 Å². The summed E-state index contributed by atoms with van der Waals surface area (Å²) < 4.78 is 0. The van der Waals surface area contributed by atoms with Crippen LogP contribution >= 0.6 is 0 Å². The number of nitrogens with one attached hydrogen (secondary N) is 3. The number of carboxylic acids is 2. The van der Waals surface area contributed by atoms with Gasteiger partial charge in [-0.15, -0.1) is 0 Å². The van der Waals surface area contributed by atoms with Crippen LogP contribution in [0.15, 0.2) is 24.3 Å². The summed E-state index contributed by atoms with van der Waals surface area (Å²) in [6, 6.07) is 0.971. The second-order valence-electron chi connectivity index (χ2n) is 9.57. The summed E-state index contributed by atoms with van der Waals surface area (Å²) in [7, 11) is 0. The Bertz CT molecular complexity index is 1030. The molecule has 1 aromatic carbocycles. The highest BCUT2D eigenvalue weighted by Gasteiger charge is 2.31. The molecular formula is C25H37N5O9. The molecule has 14 heteroatoms. The van der Waals surface area contributed by atoms with Crippen molar-refractivity contribution in [2.24, 2.45) is 17.4 Å². The monoisotopic (exact) mass is 551 g/mol. The Hall–Kier alpha value is -4.20. The van der Waals surface area contributed by atoms with Crippen molar-refractivity contribution >= 4 is 35.6 Å². The zero-order chi connectivity index (χ0) is 29.7. The van der Waals surface area contributed by atoms with Gasteiger partial charge in [0.15, 0.2) is 0 Å². The Morgan fingerprint density at radius 2 is 1.31 bits per heavy atom. The molecule has 0 fully saturated rings. The molecule has 0 aliphatic heterocycles. The summed E-state index contributed by atoms with van der Waals surface area (Å²) in [5.41, 5.74) is 11.7. The van der Waals surface area contributed by atoms with E-state index in [0.717, 1.165) is 0 Å². The van der Waals surface area contributed by atoms with Crippen molar-refractivity contribution < 1.29 is 44.1 Å². The molecule has 0 radical (unpaired) electrons. The minimum atomic E-state index is -1.50. The number of aromatic hydroxyl groups is 1. The van der Waals surface area contributed by atoms with Crippen molar-refractivity contribution in [2.45, 2.75) is 76.5 Å². The minimum absolute atomic E-state index is 0.0504. The number of carbonyl (C=O) groups excluding carboxylic acids is 4. The lowest BCUT2D eigenvalue weighted by Gasteiger charge is -2.26. The summed E-state index contributed by atoms with van der Waals surface area (Å²) in [5.74, 6) is -5.91.